The highest BCUT2D eigenvalue weighted by molar-refractivity contribution is 14.0. The number of hydrogen-bond donors (Lipinski definition) is 2. The van der Waals surface area contributed by atoms with Gasteiger partial charge in [-0.2, -0.15) is 11.8 Å². The van der Waals surface area contributed by atoms with Crippen LogP contribution >= 0.6 is 35.7 Å². The zero-order valence-electron chi connectivity index (χ0n) is 13.6. The van der Waals surface area contributed by atoms with Gasteiger partial charge in [0.25, 0.3) is 0 Å². The maximum Gasteiger partial charge on any atom is 0.191 e. The normalized spacial score (nSPS) is 10.6. The Kier molecular flexibility index (Phi) is 12.2. The molecule has 0 saturated heterocycles. The molecular weight excluding hydrogens is 413 g/mol. The Morgan fingerprint density at radius 2 is 1.91 bits per heavy atom. The number of nitrogens with one attached hydrogen (secondary N) is 2. The average Bonchev–Trinajstić information content (AvgIpc) is 2.53. The monoisotopic (exact) mass is 439 g/mol. The SMILES string of the molecule is CN=C(NCCSC)NCCc1cc(OC)ccc1OC.I. The van der Waals surface area contributed by atoms with E-state index in [-0.39, 0.29) is 24.0 Å². The van der Waals surface area contributed by atoms with Crippen molar-refractivity contribution < 1.29 is 9.47 Å². The van der Waals surface area contributed by atoms with Crippen molar-refractivity contribution in [3.63, 3.8) is 0 Å². The molecule has 0 aliphatic carbocycles. The zero-order valence-corrected chi connectivity index (χ0v) is 16.8. The van der Waals surface area contributed by atoms with Gasteiger partial charge in [-0.25, -0.2) is 0 Å². The first-order valence-electron chi connectivity index (χ1n) is 6.89. The van der Waals surface area contributed by atoms with Crippen LogP contribution in [0, 0.1) is 0 Å². The molecule has 1 rings (SSSR count). The average molecular weight is 439 g/mol. The summed E-state index contributed by atoms with van der Waals surface area (Å²) in [7, 11) is 5.13. The first kappa shape index (κ1) is 21.2. The Bertz CT molecular complexity index is 458. The van der Waals surface area contributed by atoms with Crippen LogP contribution in [-0.4, -0.2) is 52.3 Å². The van der Waals surface area contributed by atoms with Gasteiger partial charge in [-0.3, -0.25) is 4.99 Å². The standard InChI is InChI=1S/C15H25N3O2S.HI/c1-16-15(18-9-10-21-4)17-8-7-12-11-13(19-2)5-6-14(12)20-3;/h5-6,11H,7-10H2,1-4H3,(H2,16,17,18);1H. The maximum absolute atomic E-state index is 5.38. The number of nitrogens with zero attached hydrogens (tertiary/aromatic N) is 1. The summed E-state index contributed by atoms with van der Waals surface area (Å²) in [5, 5.41) is 6.57. The van der Waals surface area contributed by atoms with E-state index in [0.717, 1.165) is 48.3 Å². The van der Waals surface area contributed by atoms with Crippen molar-refractivity contribution in [3.05, 3.63) is 23.8 Å². The molecule has 0 aromatic heterocycles. The van der Waals surface area contributed by atoms with Crippen LogP contribution in [0.15, 0.2) is 23.2 Å². The van der Waals surface area contributed by atoms with Gasteiger partial charge < -0.3 is 20.1 Å². The van der Waals surface area contributed by atoms with Crippen molar-refractivity contribution in [1.29, 1.82) is 0 Å². The number of hydrogen-bond acceptors (Lipinski definition) is 4. The van der Waals surface area contributed by atoms with Crippen LogP contribution in [-0.2, 0) is 6.42 Å². The Morgan fingerprint density at radius 3 is 2.50 bits per heavy atom. The van der Waals surface area contributed by atoms with Crippen molar-refractivity contribution in [1.82, 2.24) is 10.6 Å². The van der Waals surface area contributed by atoms with Crippen LogP contribution in [0.5, 0.6) is 11.5 Å². The molecule has 126 valence electrons. The van der Waals surface area contributed by atoms with Gasteiger partial charge in [-0.15, -0.1) is 24.0 Å². The molecule has 7 heteroatoms. The highest BCUT2D eigenvalue weighted by Crippen LogP contribution is 2.23. The van der Waals surface area contributed by atoms with Crippen molar-refractivity contribution in [2.45, 2.75) is 6.42 Å². The highest BCUT2D eigenvalue weighted by atomic mass is 127. The molecule has 0 amide bonds. The molecule has 2 N–H and O–H groups in total. The molecule has 0 heterocycles. The fraction of sp³-hybridized carbons (Fsp3) is 0.533. The molecule has 0 spiro atoms. The second-order valence-electron chi connectivity index (χ2n) is 4.35. The van der Waals surface area contributed by atoms with Gasteiger partial charge in [-0.1, -0.05) is 0 Å². The molecule has 0 aliphatic rings. The Hall–Kier alpha value is -0.830. The number of aliphatic imine (C=N–C) groups is 1. The molecular formula is C15H26IN3O2S. The van der Waals surface area contributed by atoms with E-state index in [4.69, 9.17) is 9.47 Å². The predicted molar refractivity (Wildman–Crippen MR) is 106 cm³/mol. The second-order valence-corrected chi connectivity index (χ2v) is 5.33. The first-order valence-corrected chi connectivity index (χ1v) is 8.29. The van der Waals surface area contributed by atoms with E-state index in [9.17, 15) is 0 Å². The fourth-order valence-electron chi connectivity index (χ4n) is 1.88. The Labute approximate surface area is 154 Å². The lowest BCUT2D eigenvalue weighted by molar-refractivity contribution is 0.398. The molecule has 0 bridgehead atoms. The summed E-state index contributed by atoms with van der Waals surface area (Å²) in [5.41, 5.74) is 1.11. The van der Waals surface area contributed by atoms with Gasteiger partial charge in [0.1, 0.15) is 11.5 Å². The van der Waals surface area contributed by atoms with E-state index in [1.807, 2.05) is 30.0 Å². The fourth-order valence-corrected chi connectivity index (χ4v) is 2.19. The van der Waals surface area contributed by atoms with E-state index in [1.54, 1.807) is 21.3 Å². The molecule has 0 fully saturated rings. The number of halogens is 1. The summed E-state index contributed by atoms with van der Waals surface area (Å²) in [6, 6.07) is 5.84. The summed E-state index contributed by atoms with van der Waals surface area (Å²) >= 11 is 1.81. The number of methoxy groups -OCH3 is 2. The number of guanidine groups is 1. The molecule has 0 radical (unpaired) electrons. The van der Waals surface area contributed by atoms with Crippen LogP contribution in [0.25, 0.3) is 0 Å². The highest BCUT2D eigenvalue weighted by Gasteiger charge is 2.05. The molecule has 0 saturated carbocycles. The number of thioether (sulfide) groups is 1. The van der Waals surface area contributed by atoms with Crippen LogP contribution in [0.2, 0.25) is 0 Å². The largest absolute Gasteiger partial charge is 0.497 e. The minimum atomic E-state index is 0. The first-order chi connectivity index (χ1) is 10.2. The van der Waals surface area contributed by atoms with Gasteiger partial charge in [0.15, 0.2) is 5.96 Å². The third-order valence-electron chi connectivity index (χ3n) is 3.00. The maximum atomic E-state index is 5.38. The molecule has 5 nitrogen and oxygen atoms in total. The molecule has 0 aliphatic heterocycles. The summed E-state index contributed by atoms with van der Waals surface area (Å²) in [6.45, 7) is 1.69. The Balaban J connectivity index is 0.00000441. The smallest absolute Gasteiger partial charge is 0.191 e. The van der Waals surface area contributed by atoms with Crippen LogP contribution in [0.4, 0.5) is 0 Å². The summed E-state index contributed by atoms with van der Waals surface area (Å²) < 4.78 is 10.6. The topological polar surface area (TPSA) is 54.9 Å². The van der Waals surface area contributed by atoms with Crippen LogP contribution in [0.1, 0.15) is 5.56 Å². The lowest BCUT2D eigenvalue weighted by Crippen LogP contribution is -2.39. The molecule has 22 heavy (non-hydrogen) atoms. The summed E-state index contributed by atoms with van der Waals surface area (Å²) in [4.78, 5) is 4.20. The minimum absolute atomic E-state index is 0. The lowest BCUT2D eigenvalue weighted by atomic mass is 10.1. The van der Waals surface area contributed by atoms with Crippen molar-refractivity contribution in [2.75, 3.05) is 46.4 Å². The third kappa shape index (κ3) is 7.44. The van der Waals surface area contributed by atoms with Gasteiger partial charge in [-0.05, 0) is 36.4 Å². The zero-order chi connectivity index (χ0) is 15.5. The van der Waals surface area contributed by atoms with Crippen molar-refractivity contribution in [3.8, 4) is 11.5 Å². The van der Waals surface area contributed by atoms with E-state index in [0.29, 0.717) is 0 Å². The number of benzene rings is 1. The van der Waals surface area contributed by atoms with E-state index in [2.05, 4.69) is 21.9 Å². The van der Waals surface area contributed by atoms with E-state index < -0.39 is 0 Å². The molecule has 1 aromatic carbocycles. The van der Waals surface area contributed by atoms with Gasteiger partial charge in [0, 0.05) is 25.9 Å². The second kappa shape index (κ2) is 12.7. The molecule has 1 aromatic rings. The van der Waals surface area contributed by atoms with Crippen molar-refractivity contribution in [2.24, 2.45) is 4.99 Å². The van der Waals surface area contributed by atoms with Crippen molar-refractivity contribution >= 4 is 41.7 Å². The Morgan fingerprint density at radius 1 is 1.18 bits per heavy atom. The summed E-state index contributed by atoms with van der Waals surface area (Å²) in [5.74, 6) is 3.60. The molecule has 0 unspecified atom stereocenters. The van der Waals surface area contributed by atoms with E-state index >= 15 is 0 Å². The van der Waals surface area contributed by atoms with E-state index in [1.165, 1.54) is 0 Å². The number of rotatable bonds is 8. The summed E-state index contributed by atoms with van der Waals surface area (Å²) in [6.07, 6.45) is 2.93. The predicted octanol–water partition coefficient (Wildman–Crippen LogP) is 2.39. The van der Waals surface area contributed by atoms with Gasteiger partial charge in [0.2, 0.25) is 0 Å². The third-order valence-corrected chi connectivity index (χ3v) is 3.61. The lowest BCUT2D eigenvalue weighted by Gasteiger charge is -2.13. The molecule has 0 atom stereocenters. The van der Waals surface area contributed by atoms with Crippen LogP contribution in [0.3, 0.4) is 0 Å². The van der Waals surface area contributed by atoms with Gasteiger partial charge in [0.05, 0.1) is 14.2 Å². The number of ether oxygens (including phenoxy) is 2. The quantitative estimate of drug-likeness (QED) is 0.282. The van der Waals surface area contributed by atoms with Gasteiger partial charge >= 0.3 is 0 Å². The minimum Gasteiger partial charge on any atom is -0.497 e. The van der Waals surface area contributed by atoms with Crippen LogP contribution < -0.4 is 20.1 Å².